The molecular weight excluding hydrogens is 420 g/mol. The van der Waals surface area contributed by atoms with Crippen molar-refractivity contribution < 1.29 is 14.7 Å². The van der Waals surface area contributed by atoms with Gasteiger partial charge in [-0.1, -0.05) is 30.3 Å². The largest absolute Gasteiger partial charge is 0.481 e. The number of carboxylic acid groups (broad SMARTS) is 1. The van der Waals surface area contributed by atoms with E-state index in [1.165, 1.54) is 5.56 Å². The zero-order chi connectivity index (χ0) is 22.7. The molecule has 0 spiro atoms. The van der Waals surface area contributed by atoms with Gasteiger partial charge in [0.2, 0.25) is 0 Å². The highest BCUT2D eigenvalue weighted by Gasteiger charge is 2.44. The molecule has 1 heterocycles. The highest BCUT2D eigenvalue weighted by molar-refractivity contribution is 7.18. The van der Waals surface area contributed by atoms with E-state index in [1.54, 1.807) is 11.3 Å². The van der Waals surface area contributed by atoms with Gasteiger partial charge in [0, 0.05) is 18.3 Å². The number of aromatic nitrogens is 1. The predicted octanol–water partition coefficient (Wildman–Crippen LogP) is 4.55. The third-order valence-corrected chi connectivity index (χ3v) is 7.47. The van der Waals surface area contributed by atoms with Gasteiger partial charge in [-0.15, -0.1) is 11.3 Å². The zero-order valence-corrected chi connectivity index (χ0v) is 19.6. The Kier molecular flexibility index (Phi) is 6.72. The first-order valence-corrected chi connectivity index (χ1v) is 12.0. The predicted molar refractivity (Wildman–Crippen MR) is 128 cm³/mol. The van der Waals surface area contributed by atoms with Crippen molar-refractivity contribution >= 4 is 33.3 Å². The van der Waals surface area contributed by atoms with Gasteiger partial charge in [0.15, 0.2) is 0 Å². The lowest BCUT2D eigenvalue weighted by atomic mass is 9.76. The SMILES string of the molecule is CN(C)CCCc1ccc2nc(CCC(=O)C3(CC(=O)O)Cc4ccccc4C3)sc2c1. The minimum atomic E-state index is -0.909. The van der Waals surface area contributed by atoms with E-state index < -0.39 is 11.4 Å². The number of rotatable bonds is 10. The molecule has 0 saturated carbocycles. The lowest BCUT2D eigenvalue weighted by molar-refractivity contribution is -0.144. The van der Waals surface area contributed by atoms with Crippen LogP contribution in [0.5, 0.6) is 0 Å². The standard InChI is InChI=1S/C26H30N2O3S/c1-28(2)13-5-6-18-9-10-21-22(14-18)32-24(27-21)12-11-23(29)26(17-25(30)31)15-19-7-3-4-8-20(19)16-26/h3-4,7-10,14H,5-6,11-13,15-17H2,1-2H3,(H,30,31). The fourth-order valence-corrected chi connectivity index (χ4v) is 5.80. The summed E-state index contributed by atoms with van der Waals surface area (Å²) in [7, 11) is 4.18. The highest BCUT2D eigenvalue weighted by Crippen LogP contribution is 2.41. The van der Waals surface area contributed by atoms with E-state index in [9.17, 15) is 14.7 Å². The molecule has 0 amide bonds. The maximum Gasteiger partial charge on any atom is 0.304 e. The van der Waals surface area contributed by atoms with Crippen LogP contribution in [0.25, 0.3) is 10.2 Å². The number of carboxylic acids is 1. The van der Waals surface area contributed by atoms with Crippen LogP contribution in [0.1, 0.15) is 41.0 Å². The van der Waals surface area contributed by atoms with E-state index in [4.69, 9.17) is 4.98 Å². The van der Waals surface area contributed by atoms with E-state index in [0.29, 0.717) is 25.7 Å². The van der Waals surface area contributed by atoms with Crippen LogP contribution in [0, 0.1) is 5.41 Å². The number of ketones is 1. The highest BCUT2D eigenvalue weighted by atomic mass is 32.1. The van der Waals surface area contributed by atoms with Crippen molar-refractivity contribution in [1.29, 1.82) is 0 Å². The molecule has 1 aromatic heterocycles. The number of aryl methyl sites for hydroxylation is 2. The monoisotopic (exact) mass is 450 g/mol. The van der Waals surface area contributed by atoms with Crippen LogP contribution in [-0.4, -0.2) is 47.4 Å². The summed E-state index contributed by atoms with van der Waals surface area (Å²) >= 11 is 1.65. The maximum absolute atomic E-state index is 13.3. The van der Waals surface area contributed by atoms with Gasteiger partial charge in [-0.2, -0.15) is 0 Å². The summed E-state index contributed by atoms with van der Waals surface area (Å²) in [6.45, 7) is 1.07. The molecule has 0 aliphatic heterocycles. The topological polar surface area (TPSA) is 70.5 Å². The molecule has 0 fully saturated rings. The van der Waals surface area contributed by atoms with E-state index in [-0.39, 0.29) is 12.2 Å². The molecule has 1 aliphatic carbocycles. The summed E-state index contributed by atoms with van der Waals surface area (Å²) in [4.78, 5) is 31.8. The van der Waals surface area contributed by atoms with Gasteiger partial charge in [0.25, 0.3) is 0 Å². The molecule has 1 N–H and O–H groups in total. The minimum Gasteiger partial charge on any atom is -0.481 e. The fraction of sp³-hybridized carbons (Fsp3) is 0.423. The number of benzene rings is 2. The van der Waals surface area contributed by atoms with Crippen LogP contribution < -0.4 is 0 Å². The van der Waals surface area contributed by atoms with Crippen molar-refractivity contribution in [2.45, 2.75) is 44.9 Å². The molecule has 0 radical (unpaired) electrons. The molecular formula is C26H30N2O3S. The van der Waals surface area contributed by atoms with Crippen molar-refractivity contribution in [2.24, 2.45) is 5.41 Å². The summed E-state index contributed by atoms with van der Waals surface area (Å²) in [5.74, 6) is -0.868. The molecule has 1 aliphatic rings. The van der Waals surface area contributed by atoms with Crippen molar-refractivity contribution in [3.63, 3.8) is 0 Å². The van der Waals surface area contributed by atoms with Crippen molar-refractivity contribution in [3.05, 3.63) is 64.2 Å². The summed E-state index contributed by atoms with van der Waals surface area (Å²) in [5.41, 5.74) is 3.66. The Bertz CT molecular complexity index is 1110. The summed E-state index contributed by atoms with van der Waals surface area (Å²) in [6.07, 6.45) is 3.97. The first-order chi connectivity index (χ1) is 15.3. The Morgan fingerprint density at radius 2 is 1.81 bits per heavy atom. The second kappa shape index (κ2) is 9.51. The van der Waals surface area contributed by atoms with E-state index in [0.717, 1.165) is 45.7 Å². The molecule has 5 nitrogen and oxygen atoms in total. The molecule has 6 heteroatoms. The van der Waals surface area contributed by atoms with Gasteiger partial charge in [0.1, 0.15) is 5.78 Å². The molecule has 0 unspecified atom stereocenters. The number of nitrogens with zero attached hydrogens (tertiary/aromatic N) is 2. The van der Waals surface area contributed by atoms with Gasteiger partial charge >= 0.3 is 5.97 Å². The molecule has 3 aromatic rings. The van der Waals surface area contributed by atoms with Gasteiger partial charge in [-0.05, 0) is 75.1 Å². The van der Waals surface area contributed by atoms with Crippen molar-refractivity contribution in [2.75, 3.05) is 20.6 Å². The summed E-state index contributed by atoms with van der Waals surface area (Å²) in [6, 6.07) is 14.4. The number of hydrogen-bond acceptors (Lipinski definition) is 5. The average Bonchev–Trinajstić information content (AvgIpc) is 3.31. The number of aliphatic carboxylic acids is 1. The molecule has 168 valence electrons. The Balaban J connectivity index is 1.43. The molecule has 0 atom stereocenters. The van der Waals surface area contributed by atoms with Crippen LogP contribution in [0.2, 0.25) is 0 Å². The third-order valence-electron chi connectivity index (χ3n) is 6.39. The van der Waals surface area contributed by atoms with Crippen LogP contribution in [0.4, 0.5) is 0 Å². The number of carbonyl (C=O) groups excluding carboxylic acids is 1. The number of thiazole rings is 1. The number of fused-ring (bicyclic) bond motifs is 2. The second-order valence-electron chi connectivity index (χ2n) is 9.21. The van der Waals surface area contributed by atoms with Crippen LogP contribution in [0.3, 0.4) is 0 Å². The lowest BCUT2D eigenvalue weighted by Crippen LogP contribution is -2.35. The van der Waals surface area contributed by atoms with Gasteiger partial charge in [-0.3, -0.25) is 9.59 Å². The number of hydrogen-bond donors (Lipinski definition) is 1. The first kappa shape index (κ1) is 22.6. The van der Waals surface area contributed by atoms with Gasteiger partial charge < -0.3 is 10.0 Å². The Morgan fingerprint density at radius 3 is 2.47 bits per heavy atom. The van der Waals surface area contributed by atoms with Crippen molar-refractivity contribution in [3.8, 4) is 0 Å². The summed E-state index contributed by atoms with van der Waals surface area (Å²) in [5, 5.41) is 10.4. The van der Waals surface area contributed by atoms with Gasteiger partial charge in [-0.25, -0.2) is 4.98 Å². The molecule has 2 aromatic carbocycles. The Hall–Kier alpha value is -2.57. The summed E-state index contributed by atoms with van der Waals surface area (Å²) < 4.78 is 1.16. The second-order valence-corrected chi connectivity index (χ2v) is 10.3. The average molecular weight is 451 g/mol. The maximum atomic E-state index is 13.3. The molecule has 0 bridgehead atoms. The van der Waals surface area contributed by atoms with Crippen molar-refractivity contribution in [1.82, 2.24) is 9.88 Å². The van der Waals surface area contributed by atoms with Gasteiger partial charge in [0.05, 0.1) is 21.6 Å². The Labute approximate surface area is 193 Å². The molecule has 32 heavy (non-hydrogen) atoms. The zero-order valence-electron chi connectivity index (χ0n) is 18.8. The lowest BCUT2D eigenvalue weighted by Gasteiger charge is -2.25. The Morgan fingerprint density at radius 1 is 1.09 bits per heavy atom. The first-order valence-electron chi connectivity index (χ1n) is 11.2. The minimum absolute atomic E-state index is 0.0414. The smallest absolute Gasteiger partial charge is 0.304 e. The molecule has 0 saturated heterocycles. The quantitative estimate of drug-likeness (QED) is 0.491. The van der Waals surface area contributed by atoms with E-state index in [1.807, 2.05) is 24.3 Å². The molecule has 4 rings (SSSR count). The normalized spacial score (nSPS) is 14.7. The van der Waals surface area contributed by atoms with E-state index in [2.05, 4.69) is 37.2 Å². The van der Waals surface area contributed by atoms with Crippen LogP contribution >= 0.6 is 11.3 Å². The van der Waals surface area contributed by atoms with Crippen LogP contribution in [0.15, 0.2) is 42.5 Å². The van der Waals surface area contributed by atoms with Crippen LogP contribution in [-0.2, 0) is 35.3 Å². The fourth-order valence-electron chi connectivity index (χ4n) is 4.77. The number of Topliss-reactive ketones (excluding diaryl/α,β-unsaturated/α-hetero) is 1. The van der Waals surface area contributed by atoms with E-state index >= 15 is 0 Å². The third kappa shape index (κ3) is 5.08. The number of carbonyl (C=O) groups is 2.